The zero-order valence-corrected chi connectivity index (χ0v) is 10.8. The fraction of sp³-hybridized carbons (Fsp3) is 0.333. The molecule has 0 aromatic heterocycles. The summed E-state index contributed by atoms with van der Waals surface area (Å²) in [5.74, 6) is -0.257. The second-order valence-corrected chi connectivity index (χ2v) is 4.77. The van der Waals surface area contributed by atoms with E-state index in [4.69, 9.17) is 11.5 Å². The normalized spacial score (nSPS) is 18.4. The summed E-state index contributed by atoms with van der Waals surface area (Å²) in [6.07, 6.45) is 6.31. The van der Waals surface area contributed by atoms with Gasteiger partial charge in [-0.25, -0.2) is 4.39 Å². The Bertz CT molecular complexity index is 591. The number of likely N-dealkylation sites (tertiary alicyclic amines) is 1. The van der Waals surface area contributed by atoms with Crippen molar-refractivity contribution < 1.29 is 19.1 Å². The maximum absolute atomic E-state index is 13.6. The third-order valence-electron chi connectivity index (χ3n) is 3.43. The van der Waals surface area contributed by atoms with Crippen LogP contribution in [0.2, 0.25) is 0 Å². The van der Waals surface area contributed by atoms with Crippen LogP contribution >= 0.6 is 0 Å². The van der Waals surface area contributed by atoms with Crippen molar-refractivity contribution in [3.8, 4) is 12.3 Å². The van der Waals surface area contributed by atoms with Crippen LogP contribution in [0.4, 0.5) is 4.39 Å². The van der Waals surface area contributed by atoms with E-state index < -0.39 is 17.7 Å². The third-order valence-corrected chi connectivity index (χ3v) is 3.43. The van der Waals surface area contributed by atoms with Crippen molar-refractivity contribution in [2.24, 2.45) is 5.92 Å². The molecule has 1 aliphatic heterocycles. The monoisotopic (exact) mass is 275 g/mol. The average molecular weight is 275 g/mol. The number of terminal acetylenes is 1. The Kier molecular flexibility index (Phi) is 4.04. The molecule has 2 rings (SSSR count). The molecule has 1 amide bonds. The van der Waals surface area contributed by atoms with Crippen molar-refractivity contribution in [1.29, 1.82) is 0 Å². The number of benzene rings is 1. The smallest absolute Gasteiger partial charge is 0.308 e. The first-order valence-corrected chi connectivity index (χ1v) is 6.31. The van der Waals surface area contributed by atoms with E-state index in [0.29, 0.717) is 19.4 Å². The highest BCUT2D eigenvalue weighted by Crippen LogP contribution is 2.19. The second kappa shape index (κ2) is 5.74. The van der Waals surface area contributed by atoms with Crippen LogP contribution in [-0.2, 0) is 4.79 Å². The SMILES string of the molecule is C#Cc1ccc(C(=O)N2CCCC(C(=O)O)C2)cc1F. The van der Waals surface area contributed by atoms with E-state index in [1.54, 1.807) is 0 Å². The van der Waals surface area contributed by atoms with Gasteiger partial charge in [0.15, 0.2) is 0 Å². The number of aliphatic carboxylic acids is 1. The van der Waals surface area contributed by atoms with Crippen molar-refractivity contribution in [3.05, 3.63) is 35.1 Å². The Hall–Kier alpha value is -2.35. The first-order valence-electron chi connectivity index (χ1n) is 6.31. The quantitative estimate of drug-likeness (QED) is 0.836. The predicted octanol–water partition coefficient (Wildman–Crippen LogP) is 1.74. The van der Waals surface area contributed by atoms with E-state index in [1.807, 2.05) is 0 Å². The number of hydrogen-bond donors (Lipinski definition) is 1. The molecule has 0 bridgehead atoms. The molecule has 0 spiro atoms. The van der Waals surface area contributed by atoms with Gasteiger partial charge >= 0.3 is 5.97 Å². The van der Waals surface area contributed by atoms with Crippen LogP contribution < -0.4 is 0 Å². The van der Waals surface area contributed by atoms with Gasteiger partial charge in [0.05, 0.1) is 11.5 Å². The lowest BCUT2D eigenvalue weighted by molar-refractivity contribution is -0.143. The van der Waals surface area contributed by atoms with Crippen LogP contribution in [0.1, 0.15) is 28.8 Å². The zero-order chi connectivity index (χ0) is 14.7. The highest BCUT2D eigenvalue weighted by Gasteiger charge is 2.28. The van der Waals surface area contributed by atoms with Gasteiger partial charge < -0.3 is 10.0 Å². The Balaban J connectivity index is 2.17. The lowest BCUT2D eigenvalue weighted by atomic mass is 9.97. The molecule has 1 N–H and O–H groups in total. The Morgan fingerprint density at radius 1 is 1.45 bits per heavy atom. The number of carbonyl (C=O) groups excluding carboxylic acids is 1. The molecule has 0 saturated carbocycles. The van der Waals surface area contributed by atoms with E-state index in [1.165, 1.54) is 17.0 Å². The van der Waals surface area contributed by atoms with Gasteiger partial charge in [-0.05, 0) is 31.0 Å². The van der Waals surface area contributed by atoms with E-state index in [9.17, 15) is 14.0 Å². The molecule has 1 heterocycles. The molecule has 0 radical (unpaired) electrons. The van der Waals surface area contributed by atoms with Crippen molar-refractivity contribution >= 4 is 11.9 Å². The summed E-state index contributed by atoms with van der Waals surface area (Å²) in [6.45, 7) is 0.647. The van der Waals surface area contributed by atoms with Crippen LogP contribution in [0.25, 0.3) is 0 Å². The number of nitrogens with zero attached hydrogens (tertiary/aromatic N) is 1. The summed E-state index contributed by atoms with van der Waals surface area (Å²) in [4.78, 5) is 24.7. The number of carboxylic acid groups (broad SMARTS) is 1. The number of piperidine rings is 1. The van der Waals surface area contributed by atoms with Crippen molar-refractivity contribution in [3.63, 3.8) is 0 Å². The average Bonchev–Trinajstić information content (AvgIpc) is 2.46. The number of carboxylic acids is 1. The van der Waals surface area contributed by atoms with E-state index >= 15 is 0 Å². The van der Waals surface area contributed by atoms with E-state index in [-0.39, 0.29) is 23.6 Å². The van der Waals surface area contributed by atoms with E-state index in [2.05, 4.69) is 5.92 Å². The van der Waals surface area contributed by atoms with E-state index in [0.717, 1.165) is 6.07 Å². The van der Waals surface area contributed by atoms with Gasteiger partial charge in [-0.3, -0.25) is 9.59 Å². The molecule has 5 heteroatoms. The molecular formula is C15H14FNO3. The molecule has 20 heavy (non-hydrogen) atoms. The summed E-state index contributed by atoms with van der Waals surface area (Å²) in [6, 6.07) is 3.94. The Morgan fingerprint density at radius 2 is 2.20 bits per heavy atom. The maximum atomic E-state index is 13.6. The molecule has 1 unspecified atom stereocenters. The molecule has 104 valence electrons. The summed E-state index contributed by atoms with van der Waals surface area (Å²) in [7, 11) is 0. The lowest BCUT2D eigenvalue weighted by Gasteiger charge is -2.30. The van der Waals surface area contributed by atoms with Crippen molar-refractivity contribution in [1.82, 2.24) is 4.90 Å². The van der Waals surface area contributed by atoms with Gasteiger partial charge in [0, 0.05) is 18.7 Å². The molecule has 0 aliphatic carbocycles. The van der Waals surface area contributed by atoms with Crippen LogP contribution in [0.15, 0.2) is 18.2 Å². The lowest BCUT2D eigenvalue weighted by Crippen LogP contribution is -2.42. The summed E-state index contributed by atoms with van der Waals surface area (Å²) in [5, 5.41) is 9.00. The van der Waals surface area contributed by atoms with Crippen LogP contribution in [-0.4, -0.2) is 35.0 Å². The molecule has 1 fully saturated rings. The molecular weight excluding hydrogens is 261 g/mol. The van der Waals surface area contributed by atoms with Crippen LogP contribution in [0.3, 0.4) is 0 Å². The predicted molar refractivity (Wildman–Crippen MR) is 70.6 cm³/mol. The number of amides is 1. The first kappa shape index (κ1) is 14.1. The van der Waals surface area contributed by atoms with Gasteiger partial charge in [-0.15, -0.1) is 6.42 Å². The van der Waals surface area contributed by atoms with Crippen LogP contribution in [0, 0.1) is 24.1 Å². The maximum Gasteiger partial charge on any atom is 0.308 e. The van der Waals surface area contributed by atoms with Gasteiger partial charge in [0.25, 0.3) is 5.91 Å². The number of rotatable bonds is 2. The molecule has 1 aromatic carbocycles. The van der Waals surface area contributed by atoms with Crippen molar-refractivity contribution in [2.45, 2.75) is 12.8 Å². The van der Waals surface area contributed by atoms with Crippen molar-refractivity contribution in [2.75, 3.05) is 13.1 Å². The zero-order valence-electron chi connectivity index (χ0n) is 10.8. The van der Waals surface area contributed by atoms with Gasteiger partial charge in [0.1, 0.15) is 5.82 Å². The molecule has 1 saturated heterocycles. The fourth-order valence-corrected chi connectivity index (χ4v) is 2.31. The topological polar surface area (TPSA) is 57.6 Å². The standard InChI is InChI=1S/C15H14FNO3/c1-2-10-5-6-11(8-13(10)16)14(18)17-7-3-4-12(9-17)15(19)20/h1,5-6,8,12H,3-4,7,9H2,(H,19,20). The number of halogens is 1. The molecule has 4 nitrogen and oxygen atoms in total. The largest absolute Gasteiger partial charge is 0.481 e. The summed E-state index contributed by atoms with van der Waals surface area (Å²) < 4.78 is 13.6. The minimum atomic E-state index is -0.906. The molecule has 1 aliphatic rings. The molecule has 1 atom stereocenters. The summed E-state index contributed by atoms with van der Waals surface area (Å²) in [5.41, 5.74) is 0.288. The highest BCUT2D eigenvalue weighted by molar-refractivity contribution is 5.94. The van der Waals surface area contributed by atoms with Crippen LogP contribution in [0.5, 0.6) is 0 Å². The van der Waals surface area contributed by atoms with Gasteiger partial charge in [-0.2, -0.15) is 0 Å². The number of carbonyl (C=O) groups is 2. The summed E-state index contributed by atoms with van der Waals surface area (Å²) >= 11 is 0. The third kappa shape index (κ3) is 2.80. The number of hydrogen-bond acceptors (Lipinski definition) is 2. The molecule has 1 aromatic rings. The minimum absolute atomic E-state index is 0.101. The van der Waals surface area contributed by atoms with Gasteiger partial charge in [-0.1, -0.05) is 5.92 Å². The minimum Gasteiger partial charge on any atom is -0.481 e. The Labute approximate surface area is 116 Å². The first-order chi connectivity index (χ1) is 9.52. The Morgan fingerprint density at radius 3 is 2.80 bits per heavy atom. The van der Waals surface area contributed by atoms with Gasteiger partial charge in [0.2, 0.25) is 0 Å². The highest BCUT2D eigenvalue weighted by atomic mass is 19.1. The fourth-order valence-electron chi connectivity index (χ4n) is 2.31. The second-order valence-electron chi connectivity index (χ2n) is 4.77.